The molecule has 3 aromatic rings. The lowest BCUT2D eigenvalue weighted by molar-refractivity contribution is -0.207. The van der Waals surface area contributed by atoms with Gasteiger partial charge in [0.25, 0.3) is 10.0 Å². The van der Waals surface area contributed by atoms with E-state index in [-0.39, 0.29) is 23.9 Å². The first-order valence-electron chi connectivity index (χ1n) is 11.2. The topological polar surface area (TPSA) is 91.6 Å². The Morgan fingerprint density at radius 3 is 2.39 bits per heavy atom. The van der Waals surface area contributed by atoms with E-state index in [4.69, 9.17) is 0 Å². The van der Waals surface area contributed by atoms with Gasteiger partial charge < -0.3 is 14.6 Å². The van der Waals surface area contributed by atoms with E-state index in [1.54, 1.807) is 18.2 Å². The molecule has 36 heavy (non-hydrogen) atoms. The number of hydrogen-bond donors (Lipinski definition) is 2. The van der Waals surface area contributed by atoms with Gasteiger partial charge in [0, 0.05) is 42.9 Å². The smallest absolute Gasteiger partial charge is 0.383 e. The zero-order chi connectivity index (χ0) is 26.3. The highest BCUT2D eigenvalue weighted by Crippen LogP contribution is 2.36. The van der Waals surface area contributed by atoms with Crippen LogP contribution in [0, 0.1) is 5.82 Å². The maximum absolute atomic E-state index is 13.2. The summed E-state index contributed by atoms with van der Waals surface area (Å²) in [6.45, 7) is 0.503. The molecule has 1 aliphatic rings. The van der Waals surface area contributed by atoms with Gasteiger partial charge in [-0.1, -0.05) is 0 Å². The molecule has 1 unspecified atom stereocenters. The number of fused-ring (bicyclic) bond motifs is 1. The first-order valence-corrected chi connectivity index (χ1v) is 12.7. The molecule has 1 saturated heterocycles. The summed E-state index contributed by atoms with van der Waals surface area (Å²) in [5, 5.41) is 10.0. The minimum absolute atomic E-state index is 0.00856. The Morgan fingerprint density at radius 1 is 1.14 bits per heavy atom. The van der Waals surface area contributed by atoms with E-state index in [2.05, 4.69) is 4.72 Å². The summed E-state index contributed by atoms with van der Waals surface area (Å²) >= 11 is 0. The van der Waals surface area contributed by atoms with Gasteiger partial charge in [0.15, 0.2) is 6.10 Å². The van der Waals surface area contributed by atoms with Crippen molar-refractivity contribution in [3.05, 3.63) is 60.0 Å². The van der Waals surface area contributed by atoms with Crippen LogP contribution in [0.4, 0.5) is 23.2 Å². The normalized spacial score (nSPS) is 16.3. The van der Waals surface area contributed by atoms with E-state index in [9.17, 15) is 35.9 Å². The van der Waals surface area contributed by atoms with Crippen molar-refractivity contribution in [2.24, 2.45) is 7.05 Å². The second kappa shape index (κ2) is 9.74. The summed E-state index contributed by atoms with van der Waals surface area (Å²) in [4.78, 5) is 13.5. The molecule has 1 amide bonds. The minimum atomic E-state index is -4.84. The number of aromatic nitrogens is 1. The lowest BCUT2D eigenvalue weighted by atomic mass is 9.89. The SMILES string of the molecule is Cn1cc(C2CCN(C(=O)CC(O)C(F)(F)F)CC2)c2cc(NS(=O)(=O)c3ccc(F)cc3)ccc21. The van der Waals surface area contributed by atoms with Crippen LogP contribution in [0.15, 0.2) is 53.6 Å². The number of nitrogens with one attached hydrogen (secondary N) is 1. The van der Waals surface area contributed by atoms with Gasteiger partial charge in [-0.2, -0.15) is 13.2 Å². The third-order valence-electron chi connectivity index (χ3n) is 6.43. The van der Waals surface area contributed by atoms with Gasteiger partial charge in [-0.15, -0.1) is 0 Å². The number of amides is 1. The van der Waals surface area contributed by atoms with Crippen molar-refractivity contribution < 1.29 is 35.9 Å². The van der Waals surface area contributed by atoms with E-state index < -0.39 is 40.4 Å². The van der Waals surface area contributed by atoms with Gasteiger partial charge >= 0.3 is 6.18 Å². The number of anilines is 1. The van der Waals surface area contributed by atoms with Crippen LogP contribution in [0.5, 0.6) is 0 Å². The quantitative estimate of drug-likeness (QED) is 0.472. The molecule has 7 nitrogen and oxygen atoms in total. The molecule has 0 bridgehead atoms. The molecule has 194 valence electrons. The summed E-state index contributed by atoms with van der Waals surface area (Å²) in [5.74, 6) is -1.28. The number of alkyl halides is 3. The fraction of sp³-hybridized carbons (Fsp3) is 0.375. The van der Waals surface area contributed by atoms with Crippen LogP contribution in [0.1, 0.15) is 30.7 Å². The molecule has 1 aromatic heterocycles. The largest absolute Gasteiger partial charge is 0.414 e. The molecule has 12 heteroatoms. The summed E-state index contributed by atoms with van der Waals surface area (Å²) in [7, 11) is -2.08. The first kappa shape index (κ1) is 26.0. The van der Waals surface area contributed by atoms with Crippen molar-refractivity contribution in [2.75, 3.05) is 17.8 Å². The third kappa shape index (κ3) is 5.49. The molecule has 0 aliphatic carbocycles. The molecule has 1 atom stereocenters. The number of hydrogen-bond acceptors (Lipinski definition) is 4. The maximum atomic E-state index is 13.2. The minimum Gasteiger partial charge on any atom is -0.383 e. The highest BCUT2D eigenvalue weighted by Gasteiger charge is 2.40. The van der Waals surface area contributed by atoms with Crippen LogP contribution >= 0.6 is 0 Å². The average Bonchev–Trinajstić information content (AvgIpc) is 3.14. The van der Waals surface area contributed by atoms with Crippen molar-refractivity contribution >= 4 is 32.5 Å². The molecule has 2 N–H and O–H groups in total. The summed E-state index contributed by atoms with van der Waals surface area (Å²) in [5.41, 5.74) is 2.13. The zero-order valence-corrected chi connectivity index (χ0v) is 20.1. The van der Waals surface area contributed by atoms with Gasteiger partial charge in [0.05, 0.1) is 11.3 Å². The van der Waals surface area contributed by atoms with E-state index in [0.717, 1.165) is 28.6 Å². The molecule has 0 radical (unpaired) electrons. The Balaban J connectivity index is 1.50. The predicted molar refractivity (Wildman–Crippen MR) is 125 cm³/mol. The highest BCUT2D eigenvalue weighted by atomic mass is 32.2. The molecule has 0 spiro atoms. The number of nitrogens with zero attached hydrogens (tertiary/aromatic N) is 2. The number of aryl methyl sites for hydroxylation is 1. The third-order valence-corrected chi connectivity index (χ3v) is 7.83. The Bertz CT molecular complexity index is 1360. The monoisotopic (exact) mass is 527 g/mol. The zero-order valence-electron chi connectivity index (χ0n) is 19.3. The van der Waals surface area contributed by atoms with Gasteiger partial charge in [0.1, 0.15) is 5.82 Å². The second-order valence-electron chi connectivity index (χ2n) is 8.90. The maximum Gasteiger partial charge on any atom is 0.414 e. The van der Waals surface area contributed by atoms with Crippen LogP contribution in [0.3, 0.4) is 0 Å². The first-order chi connectivity index (χ1) is 16.8. The summed E-state index contributed by atoms with van der Waals surface area (Å²) in [6.07, 6.45) is -5.57. The number of carbonyl (C=O) groups excluding carboxylic acids is 1. The Labute approximate surface area is 205 Å². The van der Waals surface area contributed by atoms with Crippen molar-refractivity contribution in [2.45, 2.75) is 42.4 Å². The number of aliphatic hydroxyl groups is 1. The molecule has 0 saturated carbocycles. The number of rotatable bonds is 6. The summed E-state index contributed by atoms with van der Waals surface area (Å²) < 4.78 is 80.8. The Hall–Kier alpha value is -3.12. The Morgan fingerprint density at radius 2 is 1.78 bits per heavy atom. The van der Waals surface area contributed by atoms with Gasteiger partial charge in [-0.05, 0) is 66.8 Å². The van der Waals surface area contributed by atoms with E-state index in [1.165, 1.54) is 17.0 Å². The fourth-order valence-corrected chi connectivity index (χ4v) is 5.54. The van der Waals surface area contributed by atoms with Crippen LogP contribution in [-0.4, -0.2) is 54.3 Å². The molecular weight excluding hydrogens is 502 g/mol. The van der Waals surface area contributed by atoms with Gasteiger partial charge in [-0.25, -0.2) is 12.8 Å². The van der Waals surface area contributed by atoms with Gasteiger partial charge in [0.2, 0.25) is 5.91 Å². The van der Waals surface area contributed by atoms with Crippen molar-refractivity contribution in [1.29, 1.82) is 0 Å². The standard InChI is InChI=1S/C24H25F4N3O4S/c1-30-14-20(15-8-10-31(11-9-15)23(33)13-22(32)24(26,27)28)19-12-17(4-7-21(19)30)29-36(34,35)18-5-2-16(25)3-6-18/h2-7,12,14-15,22,29,32H,8-11,13H2,1H3. The number of piperidine rings is 1. The number of benzene rings is 2. The number of likely N-dealkylation sites (tertiary alicyclic amines) is 1. The highest BCUT2D eigenvalue weighted by molar-refractivity contribution is 7.92. The Kier molecular flexibility index (Phi) is 7.02. The van der Waals surface area contributed by atoms with Crippen molar-refractivity contribution in [3.63, 3.8) is 0 Å². The van der Waals surface area contributed by atoms with E-state index in [0.29, 0.717) is 18.5 Å². The van der Waals surface area contributed by atoms with Crippen molar-refractivity contribution in [3.8, 4) is 0 Å². The number of aliphatic hydroxyl groups excluding tert-OH is 1. The molecule has 2 heterocycles. The molecule has 4 rings (SSSR count). The van der Waals surface area contributed by atoms with Crippen LogP contribution in [0.2, 0.25) is 0 Å². The van der Waals surface area contributed by atoms with Gasteiger partial charge in [-0.3, -0.25) is 9.52 Å². The van der Waals surface area contributed by atoms with Crippen LogP contribution in [0.25, 0.3) is 10.9 Å². The lowest BCUT2D eigenvalue weighted by Crippen LogP contribution is -2.41. The van der Waals surface area contributed by atoms with Crippen LogP contribution < -0.4 is 4.72 Å². The molecule has 1 fully saturated rings. The fourth-order valence-electron chi connectivity index (χ4n) is 4.49. The average molecular weight is 528 g/mol. The summed E-state index contributed by atoms with van der Waals surface area (Å²) in [6, 6.07) is 9.59. The number of halogens is 4. The number of carbonyl (C=O) groups is 1. The number of sulfonamides is 1. The molecule has 1 aliphatic heterocycles. The van der Waals surface area contributed by atoms with Crippen LogP contribution in [-0.2, 0) is 21.9 Å². The molecule has 2 aromatic carbocycles. The van der Waals surface area contributed by atoms with E-state index >= 15 is 0 Å². The van der Waals surface area contributed by atoms with E-state index in [1.807, 2.05) is 17.8 Å². The predicted octanol–water partition coefficient (Wildman–Crippen LogP) is 4.14. The molecular formula is C24H25F4N3O4S. The van der Waals surface area contributed by atoms with Crippen molar-refractivity contribution in [1.82, 2.24) is 9.47 Å². The lowest BCUT2D eigenvalue weighted by Gasteiger charge is -2.32. The second-order valence-corrected chi connectivity index (χ2v) is 10.6.